The predicted molar refractivity (Wildman–Crippen MR) is 74.1 cm³/mol. The van der Waals surface area contributed by atoms with Crippen molar-refractivity contribution in [2.24, 2.45) is 11.7 Å². The third-order valence-corrected chi connectivity index (χ3v) is 3.97. The van der Waals surface area contributed by atoms with E-state index < -0.39 is 0 Å². The van der Waals surface area contributed by atoms with Crippen LogP contribution in [0, 0.1) is 16.0 Å². The van der Waals surface area contributed by atoms with Crippen LogP contribution in [-0.4, -0.2) is 29.5 Å². The number of aromatic nitrogens is 1. The van der Waals surface area contributed by atoms with E-state index in [1.807, 2.05) is 11.9 Å². The van der Waals surface area contributed by atoms with Gasteiger partial charge in [0.1, 0.15) is 0 Å². The van der Waals surface area contributed by atoms with Gasteiger partial charge in [-0.15, -0.1) is 0 Å². The monoisotopic (exact) mass is 264 g/mol. The second-order valence-corrected chi connectivity index (χ2v) is 5.06. The van der Waals surface area contributed by atoms with Crippen molar-refractivity contribution in [3.05, 3.63) is 28.4 Å². The van der Waals surface area contributed by atoms with E-state index in [9.17, 15) is 10.1 Å². The first-order valence-corrected chi connectivity index (χ1v) is 6.67. The largest absolute Gasteiger partial charge is 0.351 e. The molecule has 0 aliphatic heterocycles. The van der Waals surface area contributed by atoms with Crippen LogP contribution in [0.4, 0.5) is 11.5 Å². The number of hydrogen-bond acceptors (Lipinski definition) is 5. The Balaban J connectivity index is 2.27. The molecule has 2 atom stereocenters. The molecule has 19 heavy (non-hydrogen) atoms. The highest BCUT2D eigenvalue weighted by Gasteiger charge is 2.31. The second kappa shape index (κ2) is 5.97. The van der Waals surface area contributed by atoms with E-state index in [0.29, 0.717) is 18.3 Å². The van der Waals surface area contributed by atoms with Gasteiger partial charge in [0.25, 0.3) is 0 Å². The summed E-state index contributed by atoms with van der Waals surface area (Å²) in [6.07, 6.45) is 6.04. The van der Waals surface area contributed by atoms with Crippen LogP contribution in [0.5, 0.6) is 0 Å². The van der Waals surface area contributed by atoms with E-state index in [4.69, 9.17) is 5.73 Å². The zero-order chi connectivity index (χ0) is 13.8. The highest BCUT2D eigenvalue weighted by atomic mass is 16.6. The zero-order valence-corrected chi connectivity index (χ0v) is 11.2. The highest BCUT2D eigenvalue weighted by Crippen LogP contribution is 2.33. The van der Waals surface area contributed by atoms with E-state index in [1.165, 1.54) is 12.5 Å². The maximum Gasteiger partial charge on any atom is 0.311 e. The Morgan fingerprint density at radius 1 is 1.53 bits per heavy atom. The fraction of sp³-hybridized carbons (Fsp3) is 0.615. The van der Waals surface area contributed by atoms with Crippen molar-refractivity contribution in [3.63, 3.8) is 0 Å². The molecule has 1 aromatic rings. The van der Waals surface area contributed by atoms with Gasteiger partial charge in [0.2, 0.25) is 5.82 Å². The molecule has 0 bridgehead atoms. The molecule has 1 aromatic heterocycles. The van der Waals surface area contributed by atoms with Gasteiger partial charge in [-0.1, -0.05) is 12.8 Å². The van der Waals surface area contributed by atoms with Crippen molar-refractivity contribution in [3.8, 4) is 0 Å². The second-order valence-electron chi connectivity index (χ2n) is 5.06. The van der Waals surface area contributed by atoms with E-state index in [-0.39, 0.29) is 16.7 Å². The lowest BCUT2D eigenvalue weighted by atomic mass is 9.83. The summed E-state index contributed by atoms with van der Waals surface area (Å²) in [6, 6.07) is 3.34. The summed E-state index contributed by atoms with van der Waals surface area (Å²) >= 11 is 0. The van der Waals surface area contributed by atoms with Gasteiger partial charge in [-0.05, 0) is 31.4 Å². The average Bonchev–Trinajstić information content (AvgIpc) is 2.46. The molecule has 0 radical (unpaired) electrons. The highest BCUT2D eigenvalue weighted by molar-refractivity contribution is 5.57. The van der Waals surface area contributed by atoms with Crippen molar-refractivity contribution < 1.29 is 4.92 Å². The molecule has 1 heterocycles. The lowest BCUT2D eigenvalue weighted by Crippen LogP contribution is -2.43. The average molecular weight is 264 g/mol. The Hall–Kier alpha value is -1.69. The summed E-state index contributed by atoms with van der Waals surface area (Å²) in [4.78, 5) is 16.8. The van der Waals surface area contributed by atoms with E-state index in [0.717, 1.165) is 19.3 Å². The van der Waals surface area contributed by atoms with Gasteiger partial charge in [-0.25, -0.2) is 4.98 Å². The third-order valence-electron chi connectivity index (χ3n) is 3.97. The summed E-state index contributed by atoms with van der Waals surface area (Å²) in [6.45, 7) is 0.621. The number of nitrogens with two attached hydrogens (primary N) is 1. The first kappa shape index (κ1) is 13.7. The Labute approximate surface area is 112 Å². The van der Waals surface area contributed by atoms with Crippen molar-refractivity contribution in [1.82, 2.24) is 4.98 Å². The number of pyridine rings is 1. The summed E-state index contributed by atoms with van der Waals surface area (Å²) in [5.74, 6) is 0.832. The van der Waals surface area contributed by atoms with Crippen LogP contribution in [-0.2, 0) is 0 Å². The molecular weight excluding hydrogens is 244 g/mol. The zero-order valence-electron chi connectivity index (χ0n) is 11.2. The number of hydrogen-bond donors (Lipinski definition) is 1. The molecule has 0 saturated heterocycles. The standard InChI is InChI=1S/C13H20N4O2/c1-16(11-6-3-2-5-10(11)9-14)13-12(17(18)19)7-4-8-15-13/h4,7-8,10-11H,2-3,5-6,9,14H2,1H3. The lowest BCUT2D eigenvalue weighted by Gasteiger charge is -2.37. The molecule has 1 aliphatic carbocycles. The molecule has 2 N–H and O–H groups in total. The molecule has 0 amide bonds. The number of rotatable bonds is 4. The van der Waals surface area contributed by atoms with Crippen molar-refractivity contribution >= 4 is 11.5 Å². The predicted octanol–water partition coefficient (Wildman–Crippen LogP) is 1.94. The smallest absolute Gasteiger partial charge is 0.311 e. The molecule has 6 nitrogen and oxygen atoms in total. The third kappa shape index (κ3) is 2.84. The van der Waals surface area contributed by atoms with Crippen LogP contribution in [0.2, 0.25) is 0 Å². The van der Waals surface area contributed by atoms with Crippen molar-refractivity contribution in [1.29, 1.82) is 0 Å². The summed E-state index contributed by atoms with van der Waals surface area (Å²) in [5, 5.41) is 11.1. The number of nitrogens with zero attached hydrogens (tertiary/aromatic N) is 3. The SMILES string of the molecule is CN(c1ncccc1[N+](=O)[O-])C1CCCCC1CN. The first-order valence-electron chi connectivity index (χ1n) is 6.67. The van der Waals surface area contributed by atoms with Crippen LogP contribution in [0.25, 0.3) is 0 Å². The molecular formula is C13H20N4O2. The van der Waals surface area contributed by atoms with Gasteiger partial charge in [0.15, 0.2) is 0 Å². The Kier molecular flexibility index (Phi) is 4.31. The maximum absolute atomic E-state index is 11.1. The topological polar surface area (TPSA) is 85.3 Å². The van der Waals surface area contributed by atoms with Gasteiger partial charge in [0, 0.05) is 25.4 Å². The van der Waals surface area contributed by atoms with Gasteiger partial charge in [-0.2, -0.15) is 0 Å². The Bertz CT molecular complexity index is 452. The van der Waals surface area contributed by atoms with Crippen LogP contribution in [0.3, 0.4) is 0 Å². The Morgan fingerprint density at radius 2 is 2.26 bits per heavy atom. The minimum Gasteiger partial charge on any atom is -0.351 e. The molecule has 2 unspecified atom stereocenters. The first-order chi connectivity index (χ1) is 9.15. The van der Waals surface area contributed by atoms with Gasteiger partial charge in [-0.3, -0.25) is 10.1 Å². The fourth-order valence-electron chi connectivity index (χ4n) is 2.93. The Morgan fingerprint density at radius 3 is 2.95 bits per heavy atom. The van der Waals surface area contributed by atoms with E-state index >= 15 is 0 Å². The summed E-state index contributed by atoms with van der Waals surface area (Å²) in [7, 11) is 1.88. The van der Waals surface area contributed by atoms with E-state index in [2.05, 4.69) is 4.98 Å². The van der Waals surface area contributed by atoms with Crippen LogP contribution in [0.1, 0.15) is 25.7 Å². The van der Waals surface area contributed by atoms with Crippen molar-refractivity contribution in [2.75, 3.05) is 18.5 Å². The van der Waals surface area contributed by atoms with Crippen LogP contribution >= 0.6 is 0 Å². The molecule has 1 saturated carbocycles. The molecule has 0 aromatic carbocycles. The minimum atomic E-state index is -0.376. The quantitative estimate of drug-likeness (QED) is 0.663. The molecule has 1 fully saturated rings. The number of nitro groups is 1. The fourth-order valence-corrected chi connectivity index (χ4v) is 2.93. The summed E-state index contributed by atoms with van der Waals surface area (Å²) < 4.78 is 0. The van der Waals surface area contributed by atoms with Crippen LogP contribution < -0.4 is 10.6 Å². The minimum absolute atomic E-state index is 0.0614. The molecule has 2 rings (SSSR count). The lowest BCUT2D eigenvalue weighted by molar-refractivity contribution is -0.384. The van der Waals surface area contributed by atoms with Gasteiger partial charge < -0.3 is 10.6 Å². The van der Waals surface area contributed by atoms with E-state index in [1.54, 1.807) is 12.3 Å². The van der Waals surface area contributed by atoms with Gasteiger partial charge >= 0.3 is 5.69 Å². The maximum atomic E-state index is 11.1. The molecule has 104 valence electrons. The molecule has 0 spiro atoms. The summed E-state index contributed by atoms with van der Waals surface area (Å²) in [5.41, 5.74) is 5.89. The molecule has 6 heteroatoms. The number of anilines is 1. The normalized spacial score (nSPS) is 23.1. The van der Waals surface area contributed by atoms with Crippen LogP contribution in [0.15, 0.2) is 18.3 Å². The van der Waals surface area contributed by atoms with Crippen molar-refractivity contribution in [2.45, 2.75) is 31.7 Å². The molecule has 1 aliphatic rings. The van der Waals surface area contributed by atoms with Gasteiger partial charge in [0.05, 0.1) is 4.92 Å².